The first-order valence-corrected chi connectivity index (χ1v) is 4.62. The SMILES string of the molecule is Cl.O=C(O)C1CCC(C(=O)O)C(C(=O)O)C1. The summed E-state index contributed by atoms with van der Waals surface area (Å²) in [6.07, 6.45) is 0.251. The van der Waals surface area contributed by atoms with E-state index in [0.29, 0.717) is 0 Å². The van der Waals surface area contributed by atoms with Gasteiger partial charge in [0.15, 0.2) is 0 Å². The molecule has 0 aromatic heterocycles. The van der Waals surface area contributed by atoms with E-state index in [1.165, 1.54) is 0 Å². The minimum Gasteiger partial charge on any atom is -0.481 e. The highest BCUT2D eigenvalue weighted by Gasteiger charge is 2.41. The number of rotatable bonds is 3. The highest BCUT2D eigenvalue weighted by molar-refractivity contribution is 5.85. The molecule has 1 rings (SSSR count). The van der Waals surface area contributed by atoms with Crippen molar-refractivity contribution in [2.45, 2.75) is 19.3 Å². The Morgan fingerprint density at radius 2 is 1.31 bits per heavy atom. The van der Waals surface area contributed by atoms with Crippen molar-refractivity contribution in [3.05, 3.63) is 0 Å². The standard InChI is InChI=1S/C9H12O6.ClH/c10-7(11)4-1-2-5(8(12)13)6(3-4)9(14)15;/h4-6H,1-3H2,(H,10,11)(H,12,13)(H,14,15);1H. The van der Waals surface area contributed by atoms with Crippen LogP contribution < -0.4 is 0 Å². The lowest BCUT2D eigenvalue weighted by Gasteiger charge is -2.29. The van der Waals surface area contributed by atoms with Crippen LogP contribution in [-0.4, -0.2) is 33.2 Å². The molecular formula is C9H13ClO6. The van der Waals surface area contributed by atoms with Crippen molar-refractivity contribution in [2.24, 2.45) is 17.8 Å². The molecule has 0 aromatic rings. The Labute approximate surface area is 97.7 Å². The van der Waals surface area contributed by atoms with Crippen LogP contribution in [0.15, 0.2) is 0 Å². The molecule has 7 heteroatoms. The molecule has 1 aliphatic carbocycles. The van der Waals surface area contributed by atoms with E-state index in [-0.39, 0.29) is 31.7 Å². The van der Waals surface area contributed by atoms with Gasteiger partial charge in [-0.1, -0.05) is 0 Å². The summed E-state index contributed by atoms with van der Waals surface area (Å²) in [5.41, 5.74) is 0. The quantitative estimate of drug-likeness (QED) is 0.681. The van der Waals surface area contributed by atoms with Crippen LogP contribution in [0, 0.1) is 17.8 Å². The molecule has 0 saturated heterocycles. The van der Waals surface area contributed by atoms with Crippen LogP contribution in [0.4, 0.5) is 0 Å². The van der Waals surface area contributed by atoms with E-state index in [9.17, 15) is 14.4 Å². The van der Waals surface area contributed by atoms with Gasteiger partial charge in [-0.2, -0.15) is 0 Å². The number of carboxylic acid groups (broad SMARTS) is 3. The predicted molar refractivity (Wildman–Crippen MR) is 54.5 cm³/mol. The van der Waals surface area contributed by atoms with Gasteiger partial charge in [0.05, 0.1) is 17.8 Å². The Morgan fingerprint density at radius 3 is 1.69 bits per heavy atom. The van der Waals surface area contributed by atoms with Gasteiger partial charge in [0.25, 0.3) is 0 Å². The maximum atomic E-state index is 10.8. The van der Waals surface area contributed by atoms with Crippen molar-refractivity contribution in [3.63, 3.8) is 0 Å². The lowest BCUT2D eigenvalue weighted by atomic mass is 9.74. The summed E-state index contributed by atoms with van der Waals surface area (Å²) in [6, 6.07) is 0. The first-order valence-electron chi connectivity index (χ1n) is 4.62. The molecule has 0 aromatic carbocycles. The van der Waals surface area contributed by atoms with Gasteiger partial charge < -0.3 is 15.3 Å². The van der Waals surface area contributed by atoms with Gasteiger partial charge in [0, 0.05) is 0 Å². The van der Waals surface area contributed by atoms with Crippen molar-refractivity contribution in [1.82, 2.24) is 0 Å². The molecule has 3 atom stereocenters. The second-order valence-electron chi connectivity index (χ2n) is 3.74. The highest BCUT2D eigenvalue weighted by atomic mass is 35.5. The first kappa shape index (κ1) is 14.7. The lowest BCUT2D eigenvalue weighted by molar-refractivity contribution is -0.159. The molecule has 0 heterocycles. The summed E-state index contributed by atoms with van der Waals surface area (Å²) >= 11 is 0. The van der Waals surface area contributed by atoms with Crippen molar-refractivity contribution in [2.75, 3.05) is 0 Å². The summed E-state index contributed by atoms with van der Waals surface area (Å²) in [5, 5.41) is 26.3. The minimum atomic E-state index is -1.23. The van der Waals surface area contributed by atoms with E-state index >= 15 is 0 Å². The van der Waals surface area contributed by atoms with Gasteiger partial charge in [0.1, 0.15) is 0 Å². The molecule has 3 N–H and O–H groups in total. The Morgan fingerprint density at radius 1 is 0.812 bits per heavy atom. The van der Waals surface area contributed by atoms with Gasteiger partial charge in [-0.05, 0) is 19.3 Å². The third kappa shape index (κ3) is 3.10. The number of halogens is 1. The zero-order valence-corrected chi connectivity index (χ0v) is 9.14. The fourth-order valence-corrected chi connectivity index (χ4v) is 1.96. The average Bonchev–Trinajstić information content (AvgIpc) is 2.16. The second-order valence-corrected chi connectivity index (χ2v) is 3.74. The van der Waals surface area contributed by atoms with Crippen LogP contribution in [0.3, 0.4) is 0 Å². The molecule has 3 unspecified atom stereocenters. The van der Waals surface area contributed by atoms with Crippen molar-refractivity contribution < 1.29 is 29.7 Å². The monoisotopic (exact) mass is 252 g/mol. The van der Waals surface area contributed by atoms with Crippen LogP contribution >= 0.6 is 12.4 Å². The summed E-state index contributed by atoms with van der Waals surface area (Å²) in [5.74, 6) is -6.22. The lowest BCUT2D eigenvalue weighted by Crippen LogP contribution is -2.37. The van der Waals surface area contributed by atoms with Gasteiger partial charge in [0.2, 0.25) is 0 Å². The third-order valence-corrected chi connectivity index (χ3v) is 2.83. The number of carboxylic acids is 3. The first-order chi connectivity index (χ1) is 6.93. The number of hydrogen-bond donors (Lipinski definition) is 3. The molecule has 92 valence electrons. The zero-order chi connectivity index (χ0) is 11.6. The minimum absolute atomic E-state index is 0. The number of hydrogen-bond acceptors (Lipinski definition) is 3. The maximum Gasteiger partial charge on any atom is 0.307 e. The molecule has 0 aliphatic heterocycles. The largest absolute Gasteiger partial charge is 0.481 e. The number of aliphatic carboxylic acids is 3. The average molecular weight is 253 g/mol. The second kappa shape index (κ2) is 5.69. The Balaban J connectivity index is 0.00000225. The third-order valence-electron chi connectivity index (χ3n) is 2.83. The van der Waals surface area contributed by atoms with E-state index in [4.69, 9.17) is 15.3 Å². The van der Waals surface area contributed by atoms with Crippen LogP contribution in [-0.2, 0) is 14.4 Å². The summed E-state index contributed by atoms with van der Waals surface area (Å²) in [4.78, 5) is 32.2. The molecule has 16 heavy (non-hydrogen) atoms. The van der Waals surface area contributed by atoms with Crippen molar-refractivity contribution in [1.29, 1.82) is 0 Å². The highest BCUT2D eigenvalue weighted by Crippen LogP contribution is 2.34. The molecule has 1 saturated carbocycles. The predicted octanol–water partition coefficient (Wildman–Crippen LogP) is 0.694. The van der Waals surface area contributed by atoms with Crippen LogP contribution in [0.25, 0.3) is 0 Å². The smallest absolute Gasteiger partial charge is 0.307 e. The molecule has 0 bridgehead atoms. The fraction of sp³-hybridized carbons (Fsp3) is 0.667. The van der Waals surface area contributed by atoms with E-state index < -0.39 is 35.7 Å². The molecule has 0 radical (unpaired) electrons. The molecule has 0 amide bonds. The molecule has 1 aliphatic rings. The van der Waals surface area contributed by atoms with Crippen LogP contribution in [0.5, 0.6) is 0 Å². The van der Waals surface area contributed by atoms with Crippen LogP contribution in [0.2, 0.25) is 0 Å². The van der Waals surface area contributed by atoms with Crippen LogP contribution in [0.1, 0.15) is 19.3 Å². The maximum absolute atomic E-state index is 10.8. The zero-order valence-electron chi connectivity index (χ0n) is 8.33. The van der Waals surface area contributed by atoms with E-state index in [2.05, 4.69) is 0 Å². The summed E-state index contributed by atoms with van der Waals surface area (Å²) in [7, 11) is 0. The molecule has 0 spiro atoms. The molecule has 1 fully saturated rings. The molecular weight excluding hydrogens is 240 g/mol. The van der Waals surface area contributed by atoms with E-state index in [1.807, 2.05) is 0 Å². The normalized spacial score (nSPS) is 28.9. The van der Waals surface area contributed by atoms with Gasteiger partial charge in [-0.25, -0.2) is 0 Å². The Bertz CT molecular complexity index is 302. The van der Waals surface area contributed by atoms with Gasteiger partial charge in [-0.15, -0.1) is 12.4 Å². The Kier molecular flexibility index (Phi) is 5.23. The molecule has 6 nitrogen and oxygen atoms in total. The summed E-state index contributed by atoms with van der Waals surface area (Å²) < 4.78 is 0. The Hall–Kier alpha value is -1.30. The van der Waals surface area contributed by atoms with E-state index in [0.717, 1.165) is 0 Å². The van der Waals surface area contributed by atoms with Gasteiger partial charge in [-0.3, -0.25) is 14.4 Å². The fourth-order valence-electron chi connectivity index (χ4n) is 1.96. The summed E-state index contributed by atoms with van der Waals surface area (Å²) in [6.45, 7) is 0. The van der Waals surface area contributed by atoms with Crippen molar-refractivity contribution >= 4 is 30.3 Å². The van der Waals surface area contributed by atoms with E-state index in [1.54, 1.807) is 0 Å². The topological polar surface area (TPSA) is 112 Å². The number of carbonyl (C=O) groups is 3. The van der Waals surface area contributed by atoms with Crippen molar-refractivity contribution in [3.8, 4) is 0 Å². The van der Waals surface area contributed by atoms with Gasteiger partial charge >= 0.3 is 17.9 Å².